The molecule has 5 fully saturated rings. The molecule has 1 saturated carbocycles. The van der Waals surface area contributed by atoms with Crippen LogP contribution in [-0.2, 0) is 9.59 Å². The summed E-state index contributed by atoms with van der Waals surface area (Å²) in [6.45, 7) is 6.48. The molecule has 0 spiro atoms. The van der Waals surface area contributed by atoms with E-state index in [1.807, 2.05) is 0 Å². The lowest BCUT2D eigenvalue weighted by Crippen LogP contribution is -3.21. The molecule has 4 heterocycles. The largest absolute Gasteiger partial charge is 0.360 e. The zero-order chi connectivity index (χ0) is 22.8. The van der Waals surface area contributed by atoms with Gasteiger partial charge in [0.05, 0.1) is 25.7 Å². The van der Waals surface area contributed by atoms with Crippen molar-refractivity contribution in [1.82, 2.24) is 25.8 Å². The molecule has 0 bridgehead atoms. The normalized spacial score (nSPS) is 35.0. The van der Waals surface area contributed by atoms with E-state index in [2.05, 4.69) is 31.1 Å². The number of piperidine rings is 1. The van der Waals surface area contributed by atoms with Crippen LogP contribution in [-0.4, -0.2) is 103 Å². The average Bonchev–Trinajstić information content (AvgIpc) is 3.54. The van der Waals surface area contributed by atoms with Gasteiger partial charge < -0.3 is 31.1 Å². The highest BCUT2D eigenvalue weighted by Gasteiger charge is 2.47. The Morgan fingerprint density at radius 2 is 1.91 bits per heavy atom. The van der Waals surface area contributed by atoms with Crippen LogP contribution in [0, 0.1) is 0 Å². The molecule has 6 N–H and O–H groups in total. The van der Waals surface area contributed by atoms with Crippen molar-refractivity contribution >= 4 is 29.1 Å². The second-order valence-electron chi connectivity index (χ2n) is 10.6. The summed E-state index contributed by atoms with van der Waals surface area (Å²) in [5.41, 5.74) is 0. The summed E-state index contributed by atoms with van der Waals surface area (Å²) >= 11 is 5.45. The minimum absolute atomic E-state index is 0.0321. The maximum Gasteiger partial charge on any atom is 0.278 e. The van der Waals surface area contributed by atoms with E-state index < -0.39 is 0 Å². The number of rotatable bonds is 6. The molecule has 184 valence electrons. The molecule has 5 atom stereocenters. The third-order valence-electron chi connectivity index (χ3n) is 8.30. The van der Waals surface area contributed by atoms with Gasteiger partial charge in [0.1, 0.15) is 12.2 Å². The third-order valence-corrected chi connectivity index (χ3v) is 8.53. The van der Waals surface area contributed by atoms with Crippen molar-refractivity contribution in [1.29, 1.82) is 0 Å². The van der Waals surface area contributed by atoms with Crippen LogP contribution in [0.25, 0.3) is 0 Å². The van der Waals surface area contributed by atoms with Crippen LogP contribution in [0.15, 0.2) is 0 Å². The van der Waals surface area contributed by atoms with Gasteiger partial charge in [-0.05, 0) is 37.9 Å². The summed E-state index contributed by atoms with van der Waals surface area (Å²) in [7, 11) is 0. The fraction of sp³-hybridized carbons (Fsp3) is 0.870. The Balaban J connectivity index is 1.07. The first-order chi connectivity index (χ1) is 16.1. The van der Waals surface area contributed by atoms with E-state index in [0.29, 0.717) is 31.2 Å². The Bertz CT molecular complexity index is 734. The summed E-state index contributed by atoms with van der Waals surface area (Å²) in [6.07, 6.45) is 9.15. The molecule has 0 aromatic rings. The van der Waals surface area contributed by atoms with Crippen molar-refractivity contribution in [3.63, 3.8) is 0 Å². The van der Waals surface area contributed by atoms with Crippen molar-refractivity contribution in [3.8, 4) is 0 Å². The Morgan fingerprint density at radius 3 is 2.64 bits per heavy atom. The molecule has 4 aliphatic heterocycles. The average molecular weight is 480 g/mol. The van der Waals surface area contributed by atoms with Crippen LogP contribution in [0.5, 0.6) is 0 Å². The fourth-order valence-electron chi connectivity index (χ4n) is 6.20. The van der Waals surface area contributed by atoms with Gasteiger partial charge in [-0.25, -0.2) is 0 Å². The number of carbonyl (C=O) groups is 2. The Kier molecular flexibility index (Phi) is 7.34. The molecule has 2 unspecified atom stereocenters. The van der Waals surface area contributed by atoms with Gasteiger partial charge in [0.15, 0.2) is 11.2 Å². The summed E-state index contributed by atoms with van der Waals surface area (Å²) in [5, 5.41) is 13.1. The number of quaternary nitrogens is 2. The van der Waals surface area contributed by atoms with Gasteiger partial charge in [-0.15, -0.1) is 0 Å². The summed E-state index contributed by atoms with van der Waals surface area (Å²) in [6, 6.07) is 1.02. The molecule has 2 amide bonds. The van der Waals surface area contributed by atoms with Gasteiger partial charge >= 0.3 is 0 Å². The van der Waals surface area contributed by atoms with Crippen molar-refractivity contribution < 1.29 is 19.8 Å². The number of amides is 2. The maximum atomic E-state index is 13.0. The number of nitrogens with one attached hydrogen (secondary N) is 4. The molecule has 5 rings (SSSR count). The van der Waals surface area contributed by atoms with Crippen molar-refractivity contribution in [3.05, 3.63) is 0 Å². The van der Waals surface area contributed by atoms with Crippen LogP contribution in [0.3, 0.4) is 0 Å². The van der Waals surface area contributed by atoms with Gasteiger partial charge in [-0.3, -0.25) is 14.5 Å². The lowest BCUT2D eigenvalue weighted by molar-refractivity contribution is -0.930. The highest BCUT2D eigenvalue weighted by Crippen LogP contribution is 2.18. The van der Waals surface area contributed by atoms with E-state index >= 15 is 0 Å². The Morgan fingerprint density at radius 1 is 1.12 bits per heavy atom. The second-order valence-corrected chi connectivity index (χ2v) is 11.0. The number of piperazine rings is 2. The predicted octanol–water partition coefficient (Wildman–Crippen LogP) is -2.87. The fourth-order valence-corrected chi connectivity index (χ4v) is 6.54. The predicted molar refractivity (Wildman–Crippen MR) is 129 cm³/mol. The van der Waals surface area contributed by atoms with E-state index in [0.717, 1.165) is 50.7 Å². The first kappa shape index (κ1) is 23.3. The summed E-state index contributed by atoms with van der Waals surface area (Å²) < 4.78 is 0. The van der Waals surface area contributed by atoms with Crippen LogP contribution in [0.4, 0.5) is 0 Å². The second kappa shape index (κ2) is 10.4. The number of nitrogens with zero attached hydrogens (tertiary/aromatic N) is 2. The lowest BCUT2D eigenvalue weighted by Gasteiger charge is -2.39. The molecule has 10 heteroatoms. The van der Waals surface area contributed by atoms with Crippen LogP contribution >= 0.6 is 12.2 Å². The zero-order valence-electron chi connectivity index (χ0n) is 19.7. The van der Waals surface area contributed by atoms with Crippen LogP contribution in [0.2, 0.25) is 0 Å². The van der Waals surface area contributed by atoms with E-state index in [1.165, 1.54) is 43.5 Å². The SMILES string of the molecule is O=C1NC[C@@H](CCC(=O)N2CCN(C3CCCC[NH2+]3)CC2)[NH+]2C[C@@H](NC(=S)NC3CC3)C[C@@H]12. The van der Waals surface area contributed by atoms with Gasteiger partial charge in [0.25, 0.3) is 5.91 Å². The molecular formula is C23H41N7O2S+2. The molecule has 5 aliphatic rings. The third kappa shape index (κ3) is 5.78. The molecule has 0 radical (unpaired) electrons. The highest BCUT2D eigenvalue weighted by molar-refractivity contribution is 7.80. The molecule has 1 aliphatic carbocycles. The molecular weight excluding hydrogens is 438 g/mol. The number of hydrogen-bond donors (Lipinski definition) is 5. The van der Waals surface area contributed by atoms with Gasteiger partial charge in [-0.1, -0.05) is 0 Å². The smallest absolute Gasteiger partial charge is 0.278 e. The first-order valence-corrected chi connectivity index (χ1v) is 13.5. The van der Waals surface area contributed by atoms with E-state index in [-0.39, 0.29) is 23.9 Å². The number of hydrogen-bond acceptors (Lipinski definition) is 4. The van der Waals surface area contributed by atoms with Crippen LogP contribution in [0.1, 0.15) is 51.4 Å². The number of nitrogens with two attached hydrogens (primary N) is 1. The van der Waals surface area contributed by atoms with Crippen molar-refractivity contribution in [2.45, 2.75) is 81.7 Å². The molecule has 0 aromatic heterocycles. The highest BCUT2D eigenvalue weighted by atomic mass is 32.1. The quantitative estimate of drug-likeness (QED) is 0.263. The minimum atomic E-state index is -0.0321. The van der Waals surface area contributed by atoms with Crippen molar-refractivity contribution in [2.24, 2.45) is 0 Å². The lowest BCUT2D eigenvalue weighted by atomic mass is 10.0. The van der Waals surface area contributed by atoms with Gasteiger partial charge in [-0.2, -0.15) is 0 Å². The van der Waals surface area contributed by atoms with Gasteiger partial charge in [0.2, 0.25) is 5.91 Å². The molecule has 33 heavy (non-hydrogen) atoms. The number of fused-ring (bicyclic) bond motifs is 1. The van der Waals surface area contributed by atoms with Gasteiger partial charge in [0, 0.05) is 57.9 Å². The van der Waals surface area contributed by atoms with E-state index in [1.54, 1.807) is 0 Å². The van der Waals surface area contributed by atoms with E-state index in [9.17, 15) is 9.59 Å². The topological polar surface area (TPSA) is 97.8 Å². The maximum absolute atomic E-state index is 13.0. The standard InChI is InChI=1S/C23H39N7O2S/c31-21(29-11-9-28(10-12-29)20-3-1-2-8-24-20)7-6-18-14-25-22(32)19-13-17(15-30(18)19)27-23(33)26-16-4-5-16/h16-20,24H,1-15H2,(H,25,32)(H2,26,27,33)/p+2/t17-,18+,19-,20?/m0/s1. The summed E-state index contributed by atoms with van der Waals surface area (Å²) in [5.74, 6) is 0.424. The Labute approximate surface area is 202 Å². The molecule has 4 saturated heterocycles. The van der Waals surface area contributed by atoms with Crippen molar-refractivity contribution in [2.75, 3.05) is 45.8 Å². The van der Waals surface area contributed by atoms with E-state index in [4.69, 9.17) is 12.2 Å². The Hall–Kier alpha value is -1.49. The monoisotopic (exact) mass is 479 g/mol. The number of carbonyl (C=O) groups excluding carboxylic acids is 2. The molecule has 0 aromatic carbocycles. The van der Waals surface area contributed by atoms with Crippen LogP contribution < -0.4 is 26.2 Å². The number of thiocarbonyl (C=S) groups is 1. The zero-order valence-corrected chi connectivity index (χ0v) is 20.5. The first-order valence-electron chi connectivity index (χ1n) is 13.1. The minimum Gasteiger partial charge on any atom is -0.360 e. The summed E-state index contributed by atoms with van der Waals surface area (Å²) in [4.78, 5) is 31.4. The molecule has 9 nitrogen and oxygen atoms in total.